The maximum Gasteiger partial charge on any atom is 0.165 e. The lowest BCUT2D eigenvalue weighted by Crippen LogP contribution is -2.40. The first kappa shape index (κ1) is 11.4. The summed E-state index contributed by atoms with van der Waals surface area (Å²) in [6, 6.07) is 4.63. The lowest BCUT2D eigenvalue weighted by atomic mass is 9.98. The Labute approximate surface area is 95.5 Å². The van der Waals surface area contributed by atoms with Gasteiger partial charge in [0.05, 0.1) is 0 Å². The van der Waals surface area contributed by atoms with Crippen molar-refractivity contribution < 1.29 is 9.50 Å². The highest BCUT2D eigenvalue weighted by Gasteiger charge is 2.37. The summed E-state index contributed by atoms with van der Waals surface area (Å²) in [6.45, 7) is 4.81. The van der Waals surface area contributed by atoms with Crippen LogP contribution in [0.5, 0.6) is 5.75 Å². The predicted octanol–water partition coefficient (Wildman–Crippen LogP) is 2.81. The number of rotatable bonds is 4. The first-order valence-corrected chi connectivity index (χ1v) is 5.72. The Morgan fingerprint density at radius 2 is 2.12 bits per heavy atom. The number of phenols is 1. The van der Waals surface area contributed by atoms with E-state index in [4.69, 9.17) is 0 Å². The van der Waals surface area contributed by atoms with Crippen LogP contribution < -0.4 is 5.32 Å². The van der Waals surface area contributed by atoms with Crippen LogP contribution in [0.3, 0.4) is 0 Å². The Kier molecular flexibility index (Phi) is 2.89. The molecule has 88 valence electrons. The van der Waals surface area contributed by atoms with Gasteiger partial charge in [0, 0.05) is 17.6 Å². The van der Waals surface area contributed by atoms with E-state index in [9.17, 15) is 9.50 Å². The van der Waals surface area contributed by atoms with Crippen molar-refractivity contribution in [3.8, 4) is 5.75 Å². The van der Waals surface area contributed by atoms with E-state index >= 15 is 0 Å². The summed E-state index contributed by atoms with van der Waals surface area (Å²) >= 11 is 0. The van der Waals surface area contributed by atoms with E-state index in [1.807, 2.05) is 0 Å². The van der Waals surface area contributed by atoms with Gasteiger partial charge in [0.1, 0.15) is 0 Å². The number of hydrogen-bond donors (Lipinski definition) is 2. The molecule has 0 amide bonds. The third-order valence-corrected chi connectivity index (χ3v) is 3.40. The average molecular weight is 223 g/mol. The third-order valence-electron chi connectivity index (χ3n) is 3.40. The van der Waals surface area contributed by atoms with Crippen LogP contribution in [0.25, 0.3) is 0 Å². The minimum atomic E-state index is -0.552. The second-order valence-corrected chi connectivity index (χ2v) is 5.10. The summed E-state index contributed by atoms with van der Waals surface area (Å²) in [6.07, 6.45) is 2.52. The fourth-order valence-corrected chi connectivity index (χ4v) is 1.98. The molecule has 0 spiro atoms. The van der Waals surface area contributed by atoms with Crippen LogP contribution in [0, 0.1) is 11.7 Å². The Morgan fingerprint density at radius 1 is 1.44 bits per heavy atom. The zero-order chi connectivity index (χ0) is 11.8. The predicted molar refractivity (Wildman–Crippen MR) is 61.7 cm³/mol. The van der Waals surface area contributed by atoms with E-state index in [-0.39, 0.29) is 11.3 Å². The standard InChI is InChI=1S/C13H18FNO/c1-13(2,10-6-7-10)15-8-9-4-3-5-11(14)12(9)16/h3-5,10,15-16H,6-8H2,1-2H3. The summed E-state index contributed by atoms with van der Waals surface area (Å²) in [5, 5.41) is 12.9. The van der Waals surface area contributed by atoms with E-state index in [2.05, 4.69) is 19.2 Å². The van der Waals surface area contributed by atoms with Gasteiger partial charge in [-0.05, 0) is 38.7 Å². The van der Waals surface area contributed by atoms with Crippen molar-refractivity contribution in [2.24, 2.45) is 5.92 Å². The van der Waals surface area contributed by atoms with Gasteiger partial charge in [0.25, 0.3) is 0 Å². The largest absolute Gasteiger partial charge is 0.505 e. The maximum absolute atomic E-state index is 13.1. The zero-order valence-electron chi connectivity index (χ0n) is 9.76. The van der Waals surface area contributed by atoms with Crippen molar-refractivity contribution in [2.75, 3.05) is 0 Å². The number of aromatic hydroxyl groups is 1. The van der Waals surface area contributed by atoms with E-state index in [1.165, 1.54) is 18.9 Å². The van der Waals surface area contributed by atoms with Crippen molar-refractivity contribution in [1.29, 1.82) is 0 Å². The molecular weight excluding hydrogens is 205 g/mol. The molecule has 0 aliphatic heterocycles. The second-order valence-electron chi connectivity index (χ2n) is 5.10. The Bertz CT molecular complexity index is 386. The van der Waals surface area contributed by atoms with Gasteiger partial charge >= 0.3 is 0 Å². The average Bonchev–Trinajstić information content (AvgIpc) is 3.04. The molecule has 0 heterocycles. The van der Waals surface area contributed by atoms with Crippen molar-refractivity contribution in [2.45, 2.75) is 38.8 Å². The van der Waals surface area contributed by atoms with Crippen LogP contribution in [-0.2, 0) is 6.54 Å². The van der Waals surface area contributed by atoms with Crippen LogP contribution >= 0.6 is 0 Å². The molecule has 2 N–H and O–H groups in total. The lowest BCUT2D eigenvalue weighted by Gasteiger charge is -2.26. The SMILES string of the molecule is CC(C)(NCc1cccc(F)c1O)C1CC1. The van der Waals surface area contributed by atoms with Gasteiger partial charge in [0.15, 0.2) is 11.6 Å². The van der Waals surface area contributed by atoms with Gasteiger partial charge in [-0.25, -0.2) is 4.39 Å². The highest BCUT2D eigenvalue weighted by molar-refractivity contribution is 5.33. The number of nitrogens with one attached hydrogen (secondary N) is 1. The first-order chi connectivity index (χ1) is 7.50. The molecule has 1 aromatic rings. The molecule has 2 nitrogen and oxygen atoms in total. The molecule has 0 bridgehead atoms. The molecule has 2 rings (SSSR count). The van der Waals surface area contributed by atoms with Gasteiger partial charge in [-0.15, -0.1) is 0 Å². The zero-order valence-corrected chi connectivity index (χ0v) is 9.76. The van der Waals surface area contributed by atoms with Crippen molar-refractivity contribution in [3.63, 3.8) is 0 Å². The molecular formula is C13H18FNO. The number of para-hydroxylation sites is 1. The smallest absolute Gasteiger partial charge is 0.165 e. The van der Waals surface area contributed by atoms with Gasteiger partial charge < -0.3 is 10.4 Å². The Morgan fingerprint density at radius 3 is 2.75 bits per heavy atom. The maximum atomic E-state index is 13.1. The van der Waals surface area contributed by atoms with Gasteiger partial charge in [-0.2, -0.15) is 0 Å². The van der Waals surface area contributed by atoms with Crippen LogP contribution in [0.1, 0.15) is 32.3 Å². The summed E-state index contributed by atoms with van der Waals surface area (Å²) in [5.41, 5.74) is 0.687. The Hall–Kier alpha value is -1.09. The number of hydrogen-bond acceptors (Lipinski definition) is 2. The van der Waals surface area contributed by atoms with E-state index in [0.29, 0.717) is 18.0 Å². The fraction of sp³-hybridized carbons (Fsp3) is 0.538. The molecule has 1 fully saturated rings. The molecule has 0 unspecified atom stereocenters. The summed E-state index contributed by atoms with van der Waals surface area (Å²) < 4.78 is 13.1. The number of halogens is 1. The van der Waals surface area contributed by atoms with E-state index in [1.54, 1.807) is 12.1 Å². The molecule has 1 aliphatic carbocycles. The van der Waals surface area contributed by atoms with Crippen molar-refractivity contribution in [3.05, 3.63) is 29.6 Å². The summed E-state index contributed by atoms with van der Waals surface area (Å²) in [7, 11) is 0. The molecule has 3 heteroatoms. The van der Waals surface area contributed by atoms with Crippen LogP contribution in [0.2, 0.25) is 0 Å². The minimum absolute atomic E-state index is 0.0682. The number of phenolic OH excluding ortho intramolecular Hbond substituents is 1. The van der Waals surface area contributed by atoms with Gasteiger partial charge in [-0.1, -0.05) is 12.1 Å². The van der Waals surface area contributed by atoms with E-state index < -0.39 is 5.82 Å². The van der Waals surface area contributed by atoms with Crippen molar-refractivity contribution >= 4 is 0 Å². The molecule has 16 heavy (non-hydrogen) atoms. The molecule has 0 saturated heterocycles. The number of benzene rings is 1. The quantitative estimate of drug-likeness (QED) is 0.822. The summed E-state index contributed by atoms with van der Waals surface area (Å²) in [4.78, 5) is 0. The Balaban J connectivity index is 2.01. The molecule has 1 aliphatic rings. The fourth-order valence-electron chi connectivity index (χ4n) is 1.98. The molecule has 0 aromatic heterocycles. The van der Waals surface area contributed by atoms with Gasteiger partial charge in [-0.3, -0.25) is 0 Å². The van der Waals surface area contributed by atoms with Crippen molar-refractivity contribution in [1.82, 2.24) is 5.32 Å². The monoisotopic (exact) mass is 223 g/mol. The molecule has 1 saturated carbocycles. The third kappa shape index (κ3) is 2.35. The first-order valence-electron chi connectivity index (χ1n) is 5.72. The van der Waals surface area contributed by atoms with Crippen LogP contribution in [-0.4, -0.2) is 10.6 Å². The van der Waals surface area contributed by atoms with E-state index in [0.717, 1.165) is 0 Å². The topological polar surface area (TPSA) is 32.3 Å². The molecule has 1 aromatic carbocycles. The second kappa shape index (κ2) is 4.06. The normalized spacial score (nSPS) is 16.4. The molecule has 0 atom stereocenters. The summed E-state index contributed by atoms with van der Waals surface area (Å²) in [5.74, 6) is -0.0756. The lowest BCUT2D eigenvalue weighted by molar-refractivity contribution is 0.334. The van der Waals surface area contributed by atoms with Gasteiger partial charge in [0.2, 0.25) is 0 Å². The molecule has 0 radical (unpaired) electrons. The minimum Gasteiger partial charge on any atom is -0.505 e. The highest BCUT2D eigenvalue weighted by Crippen LogP contribution is 2.39. The van der Waals surface area contributed by atoms with Crippen LogP contribution in [0.15, 0.2) is 18.2 Å². The highest BCUT2D eigenvalue weighted by atomic mass is 19.1. The van der Waals surface area contributed by atoms with Crippen LogP contribution in [0.4, 0.5) is 4.39 Å².